The Labute approximate surface area is 127 Å². The fourth-order valence-corrected chi connectivity index (χ4v) is 2.99. The molecule has 6 nitrogen and oxygen atoms in total. The number of rotatable bonds is 8. The van der Waals surface area contributed by atoms with Gasteiger partial charge in [0.25, 0.3) is 0 Å². The van der Waals surface area contributed by atoms with E-state index < -0.39 is 10.0 Å². The first-order valence-electron chi connectivity index (χ1n) is 6.88. The predicted molar refractivity (Wildman–Crippen MR) is 83.8 cm³/mol. The van der Waals surface area contributed by atoms with Crippen LogP contribution in [-0.2, 0) is 16.6 Å². The van der Waals surface area contributed by atoms with Crippen LogP contribution in [0.25, 0.3) is 0 Å². The normalized spacial score (nSPS) is 12.1. The second-order valence-corrected chi connectivity index (χ2v) is 6.90. The number of nitrogens with one attached hydrogen (secondary N) is 1. The molecule has 0 heterocycles. The minimum Gasteiger partial charge on any atom is -0.495 e. The molecule has 0 aliphatic rings. The maximum Gasteiger partial charge on any atom is 0.244 e. The summed E-state index contributed by atoms with van der Waals surface area (Å²) >= 11 is 0. The maximum atomic E-state index is 12.4. The summed E-state index contributed by atoms with van der Waals surface area (Å²) in [5, 5.41) is 0. The van der Waals surface area contributed by atoms with Gasteiger partial charge in [0, 0.05) is 25.7 Å². The van der Waals surface area contributed by atoms with Gasteiger partial charge in [0.2, 0.25) is 10.0 Å². The van der Waals surface area contributed by atoms with Gasteiger partial charge in [-0.25, -0.2) is 13.1 Å². The lowest BCUT2D eigenvalue weighted by Gasteiger charge is -2.21. The lowest BCUT2D eigenvalue weighted by atomic mass is 10.2. The van der Waals surface area contributed by atoms with Crippen molar-refractivity contribution in [2.24, 2.45) is 5.73 Å². The largest absolute Gasteiger partial charge is 0.495 e. The minimum atomic E-state index is -3.61. The highest BCUT2D eigenvalue weighted by molar-refractivity contribution is 7.89. The Morgan fingerprint density at radius 2 is 2.05 bits per heavy atom. The topological polar surface area (TPSA) is 84.7 Å². The van der Waals surface area contributed by atoms with E-state index in [-0.39, 0.29) is 11.4 Å². The quantitative estimate of drug-likeness (QED) is 0.740. The van der Waals surface area contributed by atoms with Crippen LogP contribution >= 0.6 is 0 Å². The number of likely N-dealkylation sites (N-methyl/N-ethyl adjacent to an activating group) is 1. The molecule has 1 rings (SSSR count). The Morgan fingerprint density at radius 1 is 1.38 bits per heavy atom. The third-order valence-electron chi connectivity index (χ3n) is 3.39. The third kappa shape index (κ3) is 4.96. The molecule has 0 atom stereocenters. The lowest BCUT2D eigenvalue weighted by molar-refractivity contribution is 0.278. The van der Waals surface area contributed by atoms with Gasteiger partial charge in [0.1, 0.15) is 10.6 Å². The summed E-state index contributed by atoms with van der Waals surface area (Å²) in [6, 6.07) is 5.29. The van der Waals surface area contributed by atoms with Crippen molar-refractivity contribution in [1.82, 2.24) is 9.62 Å². The summed E-state index contributed by atoms with van der Waals surface area (Å²) < 4.78 is 32.5. The molecule has 0 radical (unpaired) electrons. The van der Waals surface area contributed by atoms with E-state index in [4.69, 9.17) is 10.5 Å². The van der Waals surface area contributed by atoms with Gasteiger partial charge in [-0.05, 0) is 38.6 Å². The highest BCUT2D eigenvalue weighted by atomic mass is 32.2. The summed E-state index contributed by atoms with van der Waals surface area (Å²) in [7, 11) is -0.214. The zero-order valence-electron chi connectivity index (χ0n) is 13.1. The second kappa shape index (κ2) is 7.74. The van der Waals surface area contributed by atoms with Crippen molar-refractivity contribution in [2.75, 3.05) is 27.2 Å². The fraction of sp³-hybridized carbons (Fsp3) is 0.571. The van der Waals surface area contributed by atoms with Gasteiger partial charge in [-0.3, -0.25) is 0 Å². The average molecular weight is 315 g/mol. The van der Waals surface area contributed by atoms with Gasteiger partial charge >= 0.3 is 0 Å². The molecule has 0 aromatic heterocycles. The standard InChI is InChI=1S/C14H25N3O3S/c1-11(2)17(3)8-7-16-21(18,19)14-9-12(10-15)5-6-13(14)20-4/h5-6,9,11,16H,7-8,10,15H2,1-4H3. The van der Waals surface area contributed by atoms with Crippen LogP contribution in [0, 0.1) is 0 Å². The van der Waals surface area contributed by atoms with Gasteiger partial charge in [-0.15, -0.1) is 0 Å². The molecule has 21 heavy (non-hydrogen) atoms. The van der Waals surface area contributed by atoms with Crippen molar-refractivity contribution >= 4 is 10.0 Å². The molecule has 0 aliphatic carbocycles. The highest BCUT2D eigenvalue weighted by Gasteiger charge is 2.19. The minimum absolute atomic E-state index is 0.125. The molecule has 0 aliphatic heterocycles. The van der Waals surface area contributed by atoms with Crippen LogP contribution in [0.15, 0.2) is 23.1 Å². The molecule has 7 heteroatoms. The first-order chi connectivity index (χ1) is 9.81. The molecular weight excluding hydrogens is 290 g/mol. The Morgan fingerprint density at radius 3 is 2.57 bits per heavy atom. The van der Waals surface area contributed by atoms with Crippen LogP contribution in [0.2, 0.25) is 0 Å². The van der Waals surface area contributed by atoms with Crippen molar-refractivity contribution in [1.29, 1.82) is 0 Å². The highest BCUT2D eigenvalue weighted by Crippen LogP contribution is 2.24. The zero-order valence-corrected chi connectivity index (χ0v) is 13.9. The van der Waals surface area contributed by atoms with Gasteiger partial charge in [0.15, 0.2) is 0 Å². The summed E-state index contributed by atoms with van der Waals surface area (Å²) in [5.41, 5.74) is 6.31. The first kappa shape index (κ1) is 17.9. The molecule has 1 aromatic rings. The van der Waals surface area contributed by atoms with Crippen molar-refractivity contribution in [3.05, 3.63) is 23.8 Å². The summed E-state index contributed by atoms with van der Waals surface area (Å²) in [6.45, 7) is 5.37. The van der Waals surface area contributed by atoms with Crippen LogP contribution < -0.4 is 15.2 Å². The Hall–Kier alpha value is -1.15. The number of hydrogen-bond acceptors (Lipinski definition) is 5. The number of nitrogens with two attached hydrogens (primary N) is 1. The number of ether oxygens (including phenoxy) is 1. The number of methoxy groups -OCH3 is 1. The monoisotopic (exact) mass is 315 g/mol. The molecule has 120 valence electrons. The van der Waals surface area contributed by atoms with Gasteiger partial charge in [0.05, 0.1) is 7.11 Å². The van der Waals surface area contributed by atoms with Crippen molar-refractivity contribution < 1.29 is 13.2 Å². The van der Waals surface area contributed by atoms with E-state index in [9.17, 15) is 8.42 Å². The molecule has 0 bridgehead atoms. The number of nitrogens with zero attached hydrogens (tertiary/aromatic N) is 1. The Balaban J connectivity index is 2.87. The molecule has 0 saturated carbocycles. The van der Waals surface area contributed by atoms with Crippen LogP contribution in [0.3, 0.4) is 0 Å². The molecule has 3 N–H and O–H groups in total. The molecule has 0 amide bonds. The maximum absolute atomic E-state index is 12.4. The molecule has 0 unspecified atom stereocenters. The third-order valence-corrected chi connectivity index (χ3v) is 4.87. The summed E-state index contributed by atoms with van der Waals surface area (Å²) in [5.74, 6) is 0.317. The first-order valence-corrected chi connectivity index (χ1v) is 8.37. The lowest BCUT2D eigenvalue weighted by Crippen LogP contribution is -2.36. The average Bonchev–Trinajstić information content (AvgIpc) is 2.46. The van der Waals surface area contributed by atoms with E-state index in [1.807, 2.05) is 7.05 Å². The summed E-state index contributed by atoms with van der Waals surface area (Å²) in [6.07, 6.45) is 0. The van der Waals surface area contributed by atoms with Crippen molar-refractivity contribution in [3.63, 3.8) is 0 Å². The van der Waals surface area contributed by atoms with Crippen LogP contribution in [0.1, 0.15) is 19.4 Å². The van der Waals surface area contributed by atoms with E-state index in [0.717, 1.165) is 5.56 Å². The number of sulfonamides is 1. The van der Waals surface area contributed by atoms with Gasteiger partial charge in [-0.1, -0.05) is 6.07 Å². The number of benzene rings is 1. The van der Waals surface area contributed by atoms with E-state index >= 15 is 0 Å². The van der Waals surface area contributed by atoms with Gasteiger partial charge in [-0.2, -0.15) is 0 Å². The molecule has 0 fully saturated rings. The predicted octanol–water partition coefficient (Wildman–Crippen LogP) is 0.772. The zero-order chi connectivity index (χ0) is 16.0. The SMILES string of the molecule is COc1ccc(CN)cc1S(=O)(=O)NCCN(C)C(C)C. The number of hydrogen-bond donors (Lipinski definition) is 2. The van der Waals surface area contributed by atoms with Crippen LogP contribution in [0.4, 0.5) is 0 Å². The van der Waals surface area contributed by atoms with Crippen LogP contribution in [-0.4, -0.2) is 46.6 Å². The molecule has 1 aromatic carbocycles. The fourth-order valence-electron chi connectivity index (χ4n) is 1.75. The summed E-state index contributed by atoms with van der Waals surface area (Å²) in [4.78, 5) is 2.19. The van der Waals surface area contributed by atoms with Crippen LogP contribution in [0.5, 0.6) is 5.75 Å². The smallest absolute Gasteiger partial charge is 0.244 e. The van der Waals surface area contributed by atoms with E-state index in [0.29, 0.717) is 24.9 Å². The Bertz CT molecular complexity index is 559. The second-order valence-electron chi connectivity index (χ2n) is 5.16. The van der Waals surface area contributed by atoms with Crippen molar-refractivity contribution in [3.8, 4) is 5.75 Å². The van der Waals surface area contributed by atoms with E-state index in [1.165, 1.54) is 7.11 Å². The molecule has 0 spiro atoms. The van der Waals surface area contributed by atoms with E-state index in [2.05, 4.69) is 23.5 Å². The molecular formula is C14H25N3O3S. The van der Waals surface area contributed by atoms with Gasteiger partial charge < -0.3 is 15.4 Å². The Kier molecular flexibility index (Phi) is 6.60. The van der Waals surface area contributed by atoms with E-state index in [1.54, 1.807) is 18.2 Å². The molecule has 0 saturated heterocycles. The van der Waals surface area contributed by atoms with Crippen molar-refractivity contribution in [2.45, 2.75) is 31.3 Å².